The Labute approximate surface area is 112 Å². The number of hydrogen-bond donors (Lipinski definition) is 1. The van der Waals surface area contributed by atoms with Gasteiger partial charge in [0.25, 0.3) is 0 Å². The van der Waals surface area contributed by atoms with E-state index in [0.717, 1.165) is 51.3 Å². The number of hydrogen-bond acceptors (Lipinski definition) is 5. The molecule has 1 aromatic rings. The van der Waals surface area contributed by atoms with Gasteiger partial charge in [-0.05, 0) is 42.2 Å². The Bertz CT molecular complexity index is 420. The molecule has 1 aliphatic rings. The molecule has 0 aliphatic carbocycles. The van der Waals surface area contributed by atoms with Crippen LogP contribution in [-0.2, 0) is 17.9 Å². The third kappa shape index (κ3) is 3.99. The summed E-state index contributed by atoms with van der Waals surface area (Å²) >= 11 is 0. The summed E-state index contributed by atoms with van der Waals surface area (Å²) in [5.41, 5.74) is 0. The second-order valence-electron chi connectivity index (χ2n) is 5.14. The van der Waals surface area contributed by atoms with Crippen molar-refractivity contribution in [3.8, 4) is 0 Å². The van der Waals surface area contributed by atoms with Crippen LogP contribution >= 0.6 is 0 Å². The molecular formula is C12H21N5O2. The molecule has 0 saturated carbocycles. The highest BCUT2D eigenvalue weighted by Gasteiger charge is 2.24. The number of carboxylic acid groups (broad SMARTS) is 1. The van der Waals surface area contributed by atoms with Gasteiger partial charge in [0.15, 0.2) is 5.82 Å². The van der Waals surface area contributed by atoms with Gasteiger partial charge in [0, 0.05) is 19.5 Å². The molecule has 1 aromatic heterocycles. The third-order valence-electron chi connectivity index (χ3n) is 3.54. The predicted octanol–water partition coefficient (Wildman–Crippen LogP) is 0.770. The van der Waals surface area contributed by atoms with Crippen molar-refractivity contribution in [3.63, 3.8) is 0 Å². The summed E-state index contributed by atoms with van der Waals surface area (Å²) in [5, 5.41) is 20.5. The molecule has 19 heavy (non-hydrogen) atoms. The standard InChI is InChI=1S/C12H21N5O2/c1-2-6-17-11(13-14-15-17)9-16-7-5-10(8-16)3-4-12(18)19/h10H,2-9H2,1H3,(H,18,19). The van der Waals surface area contributed by atoms with E-state index in [1.807, 2.05) is 4.68 Å². The van der Waals surface area contributed by atoms with Crippen LogP contribution in [0, 0.1) is 5.92 Å². The Kier molecular flexibility index (Phi) is 4.84. The van der Waals surface area contributed by atoms with E-state index in [-0.39, 0.29) is 6.42 Å². The van der Waals surface area contributed by atoms with Gasteiger partial charge in [0.2, 0.25) is 0 Å². The van der Waals surface area contributed by atoms with Crippen LogP contribution in [0.5, 0.6) is 0 Å². The van der Waals surface area contributed by atoms with Gasteiger partial charge in [-0.3, -0.25) is 9.69 Å². The average molecular weight is 267 g/mol. The normalized spacial score (nSPS) is 19.9. The number of aromatic nitrogens is 4. The zero-order chi connectivity index (χ0) is 13.7. The number of carbonyl (C=O) groups is 1. The molecule has 0 bridgehead atoms. The van der Waals surface area contributed by atoms with Gasteiger partial charge in [-0.1, -0.05) is 6.92 Å². The topological polar surface area (TPSA) is 84.1 Å². The number of likely N-dealkylation sites (tertiary alicyclic amines) is 1. The van der Waals surface area contributed by atoms with Crippen molar-refractivity contribution in [1.29, 1.82) is 0 Å². The highest BCUT2D eigenvalue weighted by Crippen LogP contribution is 2.22. The molecule has 1 N–H and O–H groups in total. The highest BCUT2D eigenvalue weighted by atomic mass is 16.4. The highest BCUT2D eigenvalue weighted by molar-refractivity contribution is 5.66. The molecule has 2 rings (SSSR count). The molecule has 2 heterocycles. The number of aliphatic carboxylic acids is 1. The lowest BCUT2D eigenvalue weighted by Crippen LogP contribution is -2.23. The van der Waals surface area contributed by atoms with Crippen LogP contribution in [0.2, 0.25) is 0 Å². The maximum absolute atomic E-state index is 10.6. The van der Waals surface area contributed by atoms with Crippen molar-refractivity contribution in [2.45, 2.75) is 45.7 Å². The van der Waals surface area contributed by atoms with Gasteiger partial charge in [0.1, 0.15) is 0 Å². The van der Waals surface area contributed by atoms with Crippen molar-refractivity contribution >= 4 is 5.97 Å². The van der Waals surface area contributed by atoms with Gasteiger partial charge in [-0.25, -0.2) is 4.68 Å². The predicted molar refractivity (Wildman–Crippen MR) is 68.4 cm³/mol. The van der Waals surface area contributed by atoms with Gasteiger partial charge < -0.3 is 5.11 Å². The zero-order valence-electron chi connectivity index (χ0n) is 11.3. The summed E-state index contributed by atoms with van der Waals surface area (Å²) in [7, 11) is 0. The van der Waals surface area contributed by atoms with Crippen LogP contribution < -0.4 is 0 Å². The van der Waals surface area contributed by atoms with Crippen LogP contribution in [0.1, 0.15) is 38.4 Å². The summed E-state index contributed by atoms with van der Waals surface area (Å²) in [6, 6.07) is 0. The minimum absolute atomic E-state index is 0.270. The van der Waals surface area contributed by atoms with E-state index in [4.69, 9.17) is 5.11 Å². The van der Waals surface area contributed by atoms with Crippen molar-refractivity contribution in [1.82, 2.24) is 25.1 Å². The molecule has 106 valence electrons. The molecule has 0 radical (unpaired) electrons. The Morgan fingerprint density at radius 1 is 1.53 bits per heavy atom. The molecule has 7 nitrogen and oxygen atoms in total. The van der Waals surface area contributed by atoms with Crippen LogP contribution in [0.25, 0.3) is 0 Å². The first kappa shape index (κ1) is 13.9. The minimum Gasteiger partial charge on any atom is -0.481 e. The lowest BCUT2D eigenvalue weighted by molar-refractivity contribution is -0.137. The van der Waals surface area contributed by atoms with Crippen LogP contribution in [0.3, 0.4) is 0 Å². The molecular weight excluding hydrogens is 246 g/mol. The smallest absolute Gasteiger partial charge is 0.303 e. The van der Waals surface area contributed by atoms with E-state index < -0.39 is 5.97 Å². The third-order valence-corrected chi connectivity index (χ3v) is 3.54. The van der Waals surface area contributed by atoms with Crippen molar-refractivity contribution < 1.29 is 9.90 Å². The Morgan fingerprint density at radius 3 is 3.11 bits per heavy atom. The molecule has 1 fully saturated rings. The number of carboxylic acids is 1. The number of nitrogens with zero attached hydrogens (tertiary/aromatic N) is 5. The van der Waals surface area contributed by atoms with Crippen molar-refractivity contribution in [2.75, 3.05) is 13.1 Å². The Balaban J connectivity index is 1.81. The van der Waals surface area contributed by atoms with Gasteiger partial charge >= 0.3 is 5.97 Å². The second-order valence-corrected chi connectivity index (χ2v) is 5.14. The molecule has 0 amide bonds. The fourth-order valence-electron chi connectivity index (χ4n) is 2.54. The molecule has 1 unspecified atom stereocenters. The van der Waals surface area contributed by atoms with E-state index in [2.05, 4.69) is 27.3 Å². The number of rotatable bonds is 7. The zero-order valence-corrected chi connectivity index (χ0v) is 11.3. The lowest BCUT2D eigenvalue weighted by Gasteiger charge is -2.15. The second kappa shape index (κ2) is 6.60. The fourth-order valence-corrected chi connectivity index (χ4v) is 2.54. The molecule has 7 heteroatoms. The summed E-state index contributed by atoms with van der Waals surface area (Å²) in [6.45, 7) is 5.66. The minimum atomic E-state index is -0.703. The summed E-state index contributed by atoms with van der Waals surface area (Å²) in [5.74, 6) is 0.692. The first-order chi connectivity index (χ1) is 9.19. The first-order valence-electron chi connectivity index (χ1n) is 6.88. The van der Waals surface area contributed by atoms with Crippen LogP contribution in [0.15, 0.2) is 0 Å². The van der Waals surface area contributed by atoms with E-state index in [9.17, 15) is 4.79 Å². The number of aryl methyl sites for hydroxylation is 1. The van der Waals surface area contributed by atoms with E-state index in [0.29, 0.717) is 5.92 Å². The van der Waals surface area contributed by atoms with Crippen LogP contribution in [0.4, 0.5) is 0 Å². The van der Waals surface area contributed by atoms with E-state index in [1.54, 1.807) is 0 Å². The SMILES string of the molecule is CCCn1nnnc1CN1CCC(CCC(=O)O)C1. The summed E-state index contributed by atoms with van der Waals surface area (Å²) < 4.78 is 1.85. The monoisotopic (exact) mass is 267 g/mol. The van der Waals surface area contributed by atoms with E-state index in [1.165, 1.54) is 0 Å². The summed E-state index contributed by atoms with van der Waals surface area (Å²) in [6.07, 6.45) is 3.12. The van der Waals surface area contributed by atoms with Crippen molar-refractivity contribution in [3.05, 3.63) is 5.82 Å². The largest absolute Gasteiger partial charge is 0.481 e. The first-order valence-corrected chi connectivity index (χ1v) is 6.88. The summed E-state index contributed by atoms with van der Waals surface area (Å²) in [4.78, 5) is 12.9. The van der Waals surface area contributed by atoms with E-state index >= 15 is 0 Å². The molecule has 0 spiro atoms. The van der Waals surface area contributed by atoms with Gasteiger partial charge in [-0.15, -0.1) is 5.10 Å². The molecule has 1 aliphatic heterocycles. The number of tetrazole rings is 1. The molecule has 1 atom stereocenters. The Hall–Kier alpha value is -1.50. The lowest BCUT2D eigenvalue weighted by atomic mass is 10.0. The quantitative estimate of drug-likeness (QED) is 0.785. The van der Waals surface area contributed by atoms with Gasteiger partial charge in [0.05, 0.1) is 6.54 Å². The molecule has 1 saturated heterocycles. The average Bonchev–Trinajstić information content (AvgIpc) is 2.98. The maximum atomic E-state index is 10.6. The fraction of sp³-hybridized carbons (Fsp3) is 0.833. The van der Waals surface area contributed by atoms with Crippen LogP contribution in [-0.4, -0.2) is 49.3 Å². The molecule has 0 aromatic carbocycles. The van der Waals surface area contributed by atoms with Gasteiger partial charge in [-0.2, -0.15) is 0 Å². The maximum Gasteiger partial charge on any atom is 0.303 e. The Morgan fingerprint density at radius 2 is 2.37 bits per heavy atom. The van der Waals surface area contributed by atoms with Crippen molar-refractivity contribution in [2.24, 2.45) is 5.92 Å².